The van der Waals surface area contributed by atoms with Crippen molar-refractivity contribution in [2.75, 3.05) is 13.1 Å². The molecule has 30 heavy (non-hydrogen) atoms. The molecule has 0 N–H and O–H groups in total. The van der Waals surface area contributed by atoms with Gasteiger partial charge in [0.15, 0.2) is 11.0 Å². The van der Waals surface area contributed by atoms with Crippen LogP contribution >= 0.6 is 11.8 Å². The molecule has 156 valence electrons. The molecule has 0 radical (unpaired) electrons. The number of carbonyl (C=O) groups excluding carboxylic acids is 1. The van der Waals surface area contributed by atoms with Crippen LogP contribution < -0.4 is 0 Å². The summed E-state index contributed by atoms with van der Waals surface area (Å²) in [6, 6.07) is 15.8. The lowest BCUT2D eigenvalue weighted by Gasteiger charge is -2.25. The summed E-state index contributed by atoms with van der Waals surface area (Å²) in [4.78, 5) is 15.1. The number of allylic oxidation sites excluding steroid dienone is 1. The average molecular weight is 425 g/mol. The van der Waals surface area contributed by atoms with Crippen molar-refractivity contribution in [3.8, 4) is 11.4 Å². The maximum Gasteiger partial charge on any atom is 0.240 e. The largest absolute Gasteiger partial charge is 0.342 e. The number of halogens is 1. The third-order valence-corrected chi connectivity index (χ3v) is 5.98. The molecule has 0 aliphatic carbocycles. The van der Waals surface area contributed by atoms with E-state index < -0.39 is 5.25 Å². The van der Waals surface area contributed by atoms with E-state index in [0.29, 0.717) is 30.6 Å². The van der Waals surface area contributed by atoms with Crippen LogP contribution in [-0.4, -0.2) is 38.7 Å². The van der Waals surface area contributed by atoms with E-state index >= 15 is 0 Å². The van der Waals surface area contributed by atoms with Crippen LogP contribution in [-0.2, 0) is 11.3 Å². The number of thioether (sulfide) groups is 1. The van der Waals surface area contributed by atoms with Crippen molar-refractivity contribution in [3.63, 3.8) is 0 Å². The smallest absolute Gasteiger partial charge is 0.240 e. The molecule has 3 rings (SSSR count). The van der Waals surface area contributed by atoms with Gasteiger partial charge in [-0.1, -0.05) is 48.2 Å². The van der Waals surface area contributed by atoms with Crippen LogP contribution in [0, 0.1) is 5.82 Å². The van der Waals surface area contributed by atoms with E-state index in [9.17, 15) is 9.18 Å². The zero-order valence-electron chi connectivity index (χ0n) is 17.2. The van der Waals surface area contributed by atoms with Gasteiger partial charge in [0.05, 0.1) is 0 Å². The van der Waals surface area contributed by atoms with Crippen molar-refractivity contribution in [2.45, 2.75) is 30.8 Å². The summed E-state index contributed by atoms with van der Waals surface area (Å²) in [5.74, 6) is 0.337. The predicted octanol–water partition coefficient (Wildman–Crippen LogP) is 4.97. The first-order valence-electron chi connectivity index (χ1n) is 9.89. The third kappa shape index (κ3) is 4.79. The first-order valence-corrected chi connectivity index (χ1v) is 10.8. The van der Waals surface area contributed by atoms with Crippen molar-refractivity contribution in [1.82, 2.24) is 19.7 Å². The molecule has 0 saturated carbocycles. The van der Waals surface area contributed by atoms with Gasteiger partial charge >= 0.3 is 0 Å². The number of hydrogen-bond donors (Lipinski definition) is 0. The molecule has 1 heterocycles. The fraction of sp³-hybridized carbons (Fsp3) is 0.261. The minimum absolute atomic E-state index is 0.0349. The van der Waals surface area contributed by atoms with Crippen molar-refractivity contribution >= 4 is 17.7 Å². The van der Waals surface area contributed by atoms with E-state index in [-0.39, 0.29) is 11.7 Å². The Morgan fingerprint density at radius 3 is 2.40 bits per heavy atom. The molecule has 0 aliphatic heterocycles. The Morgan fingerprint density at radius 2 is 1.80 bits per heavy atom. The van der Waals surface area contributed by atoms with Gasteiger partial charge in [0, 0.05) is 25.2 Å². The van der Waals surface area contributed by atoms with Gasteiger partial charge in [-0.05, 0) is 43.7 Å². The summed E-state index contributed by atoms with van der Waals surface area (Å²) in [5.41, 5.74) is 1.67. The fourth-order valence-corrected chi connectivity index (χ4v) is 4.31. The number of benzene rings is 2. The quantitative estimate of drug-likeness (QED) is 0.359. The molecular formula is C23H25FN4OS. The van der Waals surface area contributed by atoms with Gasteiger partial charge in [0.1, 0.15) is 11.1 Å². The van der Waals surface area contributed by atoms with Gasteiger partial charge in [-0.15, -0.1) is 16.8 Å². The van der Waals surface area contributed by atoms with E-state index in [1.54, 1.807) is 18.2 Å². The molecule has 3 aromatic rings. The number of nitrogens with zero attached hydrogens (tertiary/aromatic N) is 4. The Labute approximate surface area is 180 Å². The topological polar surface area (TPSA) is 51.0 Å². The van der Waals surface area contributed by atoms with Crippen LogP contribution in [0.2, 0.25) is 0 Å². The highest BCUT2D eigenvalue weighted by molar-refractivity contribution is 8.00. The zero-order chi connectivity index (χ0) is 21.5. The van der Waals surface area contributed by atoms with Crippen molar-refractivity contribution in [2.24, 2.45) is 0 Å². The molecule has 0 bridgehead atoms. The van der Waals surface area contributed by atoms with Crippen LogP contribution in [0.4, 0.5) is 4.39 Å². The minimum atomic E-state index is -0.445. The molecular weight excluding hydrogens is 399 g/mol. The summed E-state index contributed by atoms with van der Waals surface area (Å²) in [5, 5.41) is 8.85. The fourth-order valence-electron chi connectivity index (χ4n) is 3.18. The average Bonchev–Trinajstić information content (AvgIpc) is 3.16. The highest BCUT2D eigenvalue weighted by Crippen LogP contribution is 2.37. The summed E-state index contributed by atoms with van der Waals surface area (Å²) >= 11 is 1.37. The first kappa shape index (κ1) is 21.8. The Hall–Kier alpha value is -2.93. The zero-order valence-corrected chi connectivity index (χ0v) is 18.0. The lowest BCUT2D eigenvalue weighted by Crippen LogP contribution is -2.34. The molecule has 0 fully saturated rings. The molecule has 5 nitrogen and oxygen atoms in total. The molecule has 0 saturated heterocycles. The molecule has 1 amide bonds. The van der Waals surface area contributed by atoms with Crippen molar-refractivity contribution < 1.29 is 9.18 Å². The van der Waals surface area contributed by atoms with Crippen LogP contribution in [0.25, 0.3) is 11.4 Å². The molecule has 0 aliphatic rings. The van der Waals surface area contributed by atoms with Gasteiger partial charge in [0.2, 0.25) is 5.91 Å². The second-order valence-corrected chi connectivity index (χ2v) is 7.70. The Kier molecular flexibility index (Phi) is 7.41. The summed E-state index contributed by atoms with van der Waals surface area (Å²) < 4.78 is 15.2. The minimum Gasteiger partial charge on any atom is -0.342 e. The predicted molar refractivity (Wildman–Crippen MR) is 119 cm³/mol. The SMILES string of the molecule is C=CCn1c(S[C@@H](C(=O)N(CC)CC)c2ccccc2)nnc1-c1ccc(F)cc1. The van der Waals surface area contributed by atoms with E-state index in [1.165, 1.54) is 23.9 Å². The van der Waals surface area contributed by atoms with Crippen molar-refractivity contribution in [3.05, 3.63) is 78.6 Å². The van der Waals surface area contributed by atoms with Crippen LogP contribution in [0.5, 0.6) is 0 Å². The Bertz CT molecular complexity index is 984. The highest BCUT2D eigenvalue weighted by atomic mass is 32.2. The Balaban J connectivity index is 2.00. The van der Waals surface area contributed by atoms with Crippen LogP contribution in [0.15, 0.2) is 72.4 Å². The number of carbonyl (C=O) groups is 1. The van der Waals surface area contributed by atoms with Gasteiger partial charge in [-0.2, -0.15) is 0 Å². The normalized spacial score (nSPS) is 11.8. The van der Waals surface area contributed by atoms with Crippen LogP contribution in [0.1, 0.15) is 24.7 Å². The lowest BCUT2D eigenvalue weighted by molar-refractivity contribution is -0.130. The second-order valence-electron chi connectivity index (χ2n) is 6.63. The number of hydrogen-bond acceptors (Lipinski definition) is 4. The van der Waals surface area contributed by atoms with Crippen LogP contribution in [0.3, 0.4) is 0 Å². The first-order chi connectivity index (χ1) is 14.6. The second kappa shape index (κ2) is 10.2. The van der Waals surface area contributed by atoms with Gasteiger partial charge in [0.25, 0.3) is 0 Å². The lowest BCUT2D eigenvalue weighted by atomic mass is 10.1. The molecule has 2 aromatic carbocycles. The molecule has 0 spiro atoms. The molecule has 7 heteroatoms. The summed E-state index contributed by atoms with van der Waals surface area (Å²) in [7, 11) is 0. The third-order valence-electron chi connectivity index (χ3n) is 4.76. The van der Waals surface area contributed by atoms with Crippen molar-refractivity contribution in [1.29, 1.82) is 0 Å². The number of likely N-dealkylation sites (N-methyl/N-ethyl adjacent to an activating group) is 1. The molecule has 1 aromatic heterocycles. The van der Waals surface area contributed by atoms with E-state index in [1.807, 2.05) is 53.6 Å². The molecule has 1 atom stereocenters. The number of rotatable bonds is 9. The number of amides is 1. The van der Waals surface area contributed by atoms with Gasteiger partial charge in [-0.3, -0.25) is 9.36 Å². The monoisotopic (exact) mass is 424 g/mol. The summed E-state index contributed by atoms with van der Waals surface area (Å²) in [6.45, 7) is 9.53. The summed E-state index contributed by atoms with van der Waals surface area (Å²) in [6.07, 6.45) is 1.75. The highest BCUT2D eigenvalue weighted by Gasteiger charge is 2.28. The van der Waals surface area contributed by atoms with Gasteiger partial charge < -0.3 is 4.90 Å². The number of aromatic nitrogens is 3. The van der Waals surface area contributed by atoms with E-state index in [2.05, 4.69) is 16.8 Å². The maximum atomic E-state index is 13.3. The van der Waals surface area contributed by atoms with Gasteiger partial charge in [-0.25, -0.2) is 4.39 Å². The standard InChI is InChI=1S/C23H25FN4OS/c1-4-16-28-21(18-12-14-19(24)15-13-18)25-26-23(28)30-20(17-10-8-7-9-11-17)22(29)27(5-2)6-3/h4,7-15,20H,1,5-6,16H2,2-3H3/t20-/m1/s1. The Morgan fingerprint density at radius 1 is 1.13 bits per heavy atom. The molecule has 0 unspecified atom stereocenters. The maximum absolute atomic E-state index is 13.3. The van der Waals surface area contributed by atoms with E-state index in [4.69, 9.17) is 0 Å². The van der Waals surface area contributed by atoms with E-state index in [0.717, 1.165) is 11.1 Å².